The molecule has 0 spiro atoms. The minimum absolute atomic E-state index is 0.0690. The highest BCUT2D eigenvalue weighted by Crippen LogP contribution is 2.13. The van der Waals surface area contributed by atoms with Gasteiger partial charge in [-0.25, -0.2) is 0 Å². The summed E-state index contributed by atoms with van der Waals surface area (Å²) in [5.74, 6) is 0.0690. The Bertz CT molecular complexity index is 221. The Morgan fingerprint density at radius 3 is 2.87 bits per heavy atom. The standard InChI is InChI=1S/C11H22N2O2/c1-4-5-10(12)11(14)13-6-9(3)15-7-8(13)2/h8-10H,4-7,12H2,1-3H3/t8?,9?,10-/m1/s1. The second-order valence-corrected chi connectivity index (χ2v) is 4.38. The fourth-order valence-electron chi connectivity index (χ4n) is 1.86. The topological polar surface area (TPSA) is 55.6 Å². The van der Waals surface area contributed by atoms with Crippen molar-refractivity contribution in [2.24, 2.45) is 5.73 Å². The van der Waals surface area contributed by atoms with Crippen molar-refractivity contribution in [1.82, 2.24) is 4.90 Å². The first-order valence-electron chi connectivity index (χ1n) is 5.74. The van der Waals surface area contributed by atoms with Crippen LogP contribution >= 0.6 is 0 Å². The molecule has 0 aromatic rings. The molecule has 15 heavy (non-hydrogen) atoms. The largest absolute Gasteiger partial charge is 0.375 e. The quantitative estimate of drug-likeness (QED) is 0.754. The molecule has 2 N–H and O–H groups in total. The fraction of sp³-hybridized carbons (Fsp3) is 0.909. The van der Waals surface area contributed by atoms with Crippen molar-refractivity contribution in [3.63, 3.8) is 0 Å². The summed E-state index contributed by atoms with van der Waals surface area (Å²) >= 11 is 0. The summed E-state index contributed by atoms with van der Waals surface area (Å²) in [4.78, 5) is 13.8. The van der Waals surface area contributed by atoms with Gasteiger partial charge in [0.1, 0.15) is 0 Å². The van der Waals surface area contributed by atoms with E-state index in [1.165, 1.54) is 0 Å². The first-order chi connectivity index (χ1) is 7.06. The maximum atomic E-state index is 12.0. The summed E-state index contributed by atoms with van der Waals surface area (Å²) in [6.45, 7) is 7.31. The number of carbonyl (C=O) groups excluding carboxylic acids is 1. The van der Waals surface area contributed by atoms with Crippen molar-refractivity contribution in [2.75, 3.05) is 13.2 Å². The van der Waals surface area contributed by atoms with Crippen molar-refractivity contribution >= 4 is 5.91 Å². The van der Waals surface area contributed by atoms with Gasteiger partial charge in [-0.05, 0) is 20.3 Å². The second-order valence-electron chi connectivity index (χ2n) is 4.38. The SMILES string of the molecule is CCC[C@@H](N)C(=O)N1CC(C)OCC1C. The minimum Gasteiger partial charge on any atom is -0.375 e. The number of nitrogens with two attached hydrogens (primary N) is 1. The molecule has 1 aliphatic heterocycles. The number of carbonyl (C=O) groups is 1. The highest BCUT2D eigenvalue weighted by atomic mass is 16.5. The maximum Gasteiger partial charge on any atom is 0.239 e. The molecule has 1 amide bonds. The van der Waals surface area contributed by atoms with Gasteiger partial charge in [-0.1, -0.05) is 13.3 Å². The van der Waals surface area contributed by atoms with Gasteiger partial charge < -0.3 is 15.4 Å². The van der Waals surface area contributed by atoms with Crippen molar-refractivity contribution < 1.29 is 9.53 Å². The lowest BCUT2D eigenvalue weighted by atomic mass is 10.1. The van der Waals surface area contributed by atoms with Gasteiger partial charge in [0, 0.05) is 6.54 Å². The second kappa shape index (κ2) is 5.47. The monoisotopic (exact) mass is 214 g/mol. The summed E-state index contributed by atoms with van der Waals surface area (Å²) in [6, 6.07) is -0.195. The summed E-state index contributed by atoms with van der Waals surface area (Å²) in [6.07, 6.45) is 1.83. The van der Waals surface area contributed by atoms with E-state index in [-0.39, 0.29) is 24.1 Å². The van der Waals surface area contributed by atoms with Crippen LogP contribution in [-0.4, -0.2) is 42.1 Å². The molecule has 2 unspecified atom stereocenters. The van der Waals surface area contributed by atoms with Crippen LogP contribution in [0.3, 0.4) is 0 Å². The summed E-state index contributed by atoms with van der Waals surface area (Å²) in [5.41, 5.74) is 5.83. The highest BCUT2D eigenvalue weighted by Gasteiger charge is 2.29. The van der Waals surface area contributed by atoms with Crippen LogP contribution in [0.5, 0.6) is 0 Å². The Kier molecular flexibility index (Phi) is 4.54. The molecule has 1 heterocycles. The smallest absolute Gasteiger partial charge is 0.239 e. The molecule has 4 nitrogen and oxygen atoms in total. The summed E-state index contributed by atoms with van der Waals surface area (Å²) in [5, 5.41) is 0. The normalized spacial score (nSPS) is 28.9. The minimum atomic E-state index is -0.345. The van der Waals surface area contributed by atoms with E-state index in [2.05, 4.69) is 0 Å². The molecule has 0 saturated carbocycles. The lowest BCUT2D eigenvalue weighted by Crippen LogP contribution is -2.55. The molecular formula is C11H22N2O2. The van der Waals surface area contributed by atoms with Gasteiger partial charge in [-0.3, -0.25) is 4.79 Å². The van der Waals surface area contributed by atoms with Gasteiger partial charge in [-0.15, -0.1) is 0 Å². The fourth-order valence-corrected chi connectivity index (χ4v) is 1.86. The average Bonchev–Trinajstić information content (AvgIpc) is 2.21. The van der Waals surface area contributed by atoms with Gasteiger partial charge in [0.15, 0.2) is 0 Å². The molecule has 0 aromatic carbocycles. The molecule has 88 valence electrons. The number of ether oxygens (including phenoxy) is 1. The Hall–Kier alpha value is -0.610. The van der Waals surface area contributed by atoms with Gasteiger partial charge in [-0.2, -0.15) is 0 Å². The van der Waals surface area contributed by atoms with Gasteiger partial charge in [0.2, 0.25) is 5.91 Å². The molecule has 1 rings (SSSR count). The zero-order valence-corrected chi connectivity index (χ0v) is 9.90. The Morgan fingerprint density at radius 2 is 2.27 bits per heavy atom. The molecule has 0 aromatic heterocycles. The van der Waals surface area contributed by atoms with Crippen LogP contribution < -0.4 is 5.73 Å². The zero-order valence-electron chi connectivity index (χ0n) is 9.90. The Balaban J connectivity index is 2.56. The van der Waals surface area contributed by atoms with E-state index in [1.54, 1.807) is 0 Å². The van der Waals surface area contributed by atoms with Gasteiger partial charge in [0.25, 0.3) is 0 Å². The van der Waals surface area contributed by atoms with Crippen molar-refractivity contribution in [3.8, 4) is 0 Å². The molecule has 4 heteroatoms. The number of amides is 1. The van der Waals surface area contributed by atoms with Crippen molar-refractivity contribution in [3.05, 3.63) is 0 Å². The van der Waals surface area contributed by atoms with Crippen molar-refractivity contribution in [2.45, 2.75) is 51.8 Å². The average molecular weight is 214 g/mol. The van der Waals surface area contributed by atoms with Crippen LogP contribution in [0.4, 0.5) is 0 Å². The number of morpholine rings is 1. The van der Waals surface area contributed by atoms with Gasteiger partial charge in [0.05, 0.1) is 24.8 Å². The number of hydrogen-bond acceptors (Lipinski definition) is 3. The first kappa shape index (κ1) is 12.5. The van der Waals surface area contributed by atoms with Crippen molar-refractivity contribution in [1.29, 1.82) is 0 Å². The summed E-state index contributed by atoms with van der Waals surface area (Å²) in [7, 11) is 0. The highest BCUT2D eigenvalue weighted by molar-refractivity contribution is 5.82. The van der Waals surface area contributed by atoms with Gasteiger partial charge >= 0.3 is 0 Å². The molecule has 1 saturated heterocycles. The van der Waals surface area contributed by atoms with E-state index < -0.39 is 0 Å². The van der Waals surface area contributed by atoms with Crippen LogP contribution in [0.15, 0.2) is 0 Å². The molecule has 1 aliphatic rings. The van der Waals surface area contributed by atoms with Crippen LogP contribution in [0, 0.1) is 0 Å². The van der Waals surface area contributed by atoms with Crippen LogP contribution in [0.25, 0.3) is 0 Å². The lowest BCUT2D eigenvalue weighted by molar-refractivity contribution is -0.144. The van der Waals surface area contributed by atoms with E-state index in [9.17, 15) is 4.79 Å². The molecular weight excluding hydrogens is 192 g/mol. The third kappa shape index (κ3) is 3.18. The molecule has 0 aliphatic carbocycles. The summed E-state index contributed by atoms with van der Waals surface area (Å²) < 4.78 is 5.48. The number of nitrogens with zero attached hydrogens (tertiary/aromatic N) is 1. The van der Waals surface area contributed by atoms with Crippen LogP contribution in [0.1, 0.15) is 33.6 Å². The molecule has 0 radical (unpaired) electrons. The predicted octanol–water partition coefficient (Wildman–Crippen LogP) is 0.750. The van der Waals surface area contributed by atoms with E-state index in [4.69, 9.17) is 10.5 Å². The van der Waals surface area contributed by atoms with Crippen LogP contribution in [-0.2, 0) is 9.53 Å². The number of hydrogen-bond donors (Lipinski definition) is 1. The number of rotatable bonds is 3. The third-order valence-corrected chi connectivity index (χ3v) is 2.81. The maximum absolute atomic E-state index is 12.0. The molecule has 0 bridgehead atoms. The first-order valence-corrected chi connectivity index (χ1v) is 5.74. The van der Waals surface area contributed by atoms with Crippen LogP contribution in [0.2, 0.25) is 0 Å². The van der Waals surface area contributed by atoms with E-state index in [0.29, 0.717) is 13.2 Å². The Labute approximate surface area is 91.8 Å². The molecule has 1 fully saturated rings. The van der Waals surface area contributed by atoms with E-state index in [0.717, 1.165) is 12.8 Å². The Morgan fingerprint density at radius 1 is 1.60 bits per heavy atom. The molecule has 3 atom stereocenters. The third-order valence-electron chi connectivity index (χ3n) is 2.81. The predicted molar refractivity (Wildman–Crippen MR) is 59.5 cm³/mol. The van der Waals surface area contributed by atoms with E-state index in [1.807, 2.05) is 25.7 Å². The lowest BCUT2D eigenvalue weighted by Gasteiger charge is -2.38. The zero-order chi connectivity index (χ0) is 11.4. The van der Waals surface area contributed by atoms with E-state index >= 15 is 0 Å².